The second-order valence-electron chi connectivity index (χ2n) is 10.9. The standard InChI is InChI=1S/C14H12ClFN2O4S.C12H11ClFNO3S.C6H15N.C3H3ClO.CH2Cl2/c1-4-13(19)18(12-6-5-10(16)7-11(12)15)23(20,21)14-8(2)17-22-9(14)3;1-7-12(8(2)18-15-7)19(16,17)6-9-3-4-10(14)5-11(9)13;1-4-7(5-2)6-3;1-2-3(4)5;2-1-3/h4-7H,1H2,2-3H3;3-5H,6H2,1-2H3;4-6H2,1-3H3;2H,1H2;1H2. The van der Waals surface area contributed by atoms with E-state index in [-0.39, 0.29) is 53.8 Å². The van der Waals surface area contributed by atoms with Gasteiger partial charge in [-0.1, -0.05) is 73.5 Å². The molecule has 2 aromatic carbocycles. The maximum absolute atomic E-state index is 13.2. The molecule has 2 aromatic heterocycles. The summed E-state index contributed by atoms with van der Waals surface area (Å²) in [6, 6.07) is 6.60. The molecule has 0 atom stereocenters. The molecule has 4 aromatic rings. The Morgan fingerprint density at radius 3 is 1.53 bits per heavy atom. The Morgan fingerprint density at radius 2 is 1.19 bits per heavy atom. The number of benzene rings is 2. The van der Waals surface area contributed by atoms with Gasteiger partial charge in [0.25, 0.3) is 15.9 Å². The van der Waals surface area contributed by atoms with Gasteiger partial charge in [0.1, 0.15) is 22.2 Å². The van der Waals surface area contributed by atoms with E-state index in [1.54, 1.807) is 6.92 Å². The van der Waals surface area contributed by atoms with Crippen LogP contribution in [0.5, 0.6) is 0 Å². The van der Waals surface area contributed by atoms with Gasteiger partial charge in [0.15, 0.2) is 26.3 Å². The Morgan fingerprint density at radius 1 is 0.772 bits per heavy atom. The zero-order valence-electron chi connectivity index (χ0n) is 32.1. The van der Waals surface area contributed by atoms with E-state index < -0.39 is 42.6 Å². The maximum Gasteiger partial charge on any atom is 0.276 e. The lowest BCUT2D eigenvalue weighted by Gasteiger charge is -2.22. The van der Waals surface area contributed by atoms with E-state index in [0.29, 0.717) is 15.6 Å². The van der Waals surface area contributed by atoms with Gasteiger partial charge in [-0.3, -0.25) is 9.59 Å². The maximum atomic E-state index is 13.2. The van der Waals surface area contributed by atoms with E-state index in [1.165, 1.54) is 52.5 Å². The van der Waals surface area contributed by atoms with Crippen LogP contribution in [0.2, 0.25) is 10.0 Å². The van der Waals surface area contributed by atoms with E-state index in [4.69, 9.17) is 67.1 Å². The number of aromatic nitrogens is 2. The first-order chi connectivity index (χ1) is 26.5. The van der Waals surface area contributed by atoms with Crippen LogP contribution in [0.3, 0.4) is 0 Å². The molecule has 0 spiro atoms. The molecule has 4 rings (SSSR count). The van der Waals surface area contributed by atoms with Gasteiger partial charge in [-0.2, -0.15) is 4.31 Å². The third-order valence-corrected chi connectivity index (χ3v) is 11.8. The van der Waals surface area contributed by atoms with E-state index in [1.807, 2.05) is 0 Å². The highest BCUT2D eigenvalue weighted by Gasteiger charge is 2.36. The third-order valence-electron chi connectivity index (χ3n) is 7.11. The minimum atomic E-state index is -4.37. The SMILES string of the molecule is C=CC(=O)Cl.C=CC(=O)N(c1ccc(F)cc1Cl)S(=O)(=O)c1c(C)noc1C.CCN(CC)CC.Cc1noc(C)c1S(=O)(=O)Cc1ccc(F)cc1Cl.ClCCl. The molecule has 21 heteroatoms. The number of carbonyl (C=O) groups excluding carboxylic acids is 2. The fourth-order valence-corrected chi connectivity index (χ4v) is 8.64. The Bertz CT molecular complexity index is 2140. The van der Waals surface area contributed by atoms with Crippen LogP contribution in [0.15, 0.2) is 80.5 Å². The number of amides is 1. The zero-order valence-corrected chi connectivity index (χ0v) is 37.5. The summed E-state index contributed by atoms with van der Waals surface area (Å²) < 4.78 is 86.6. The van der Waals surface area contributed by atoms with Crippen LogP contribution in [-0.4, -0.2) is 68.2 Å². The number of allylic oxidation sites excluding steroid dienone is 1. The van der Waals surface area contributed by atoms with Gasteiger partial charge in [-0.05, 0) is 107 Å². The number of rotatable bonds is 11. The monoisotopic (exact) mass is 936 g/mol. The Hall–Kier alpha value is -3.35. The van der Waals surface area contributed by atoms with Crippen LogP contribution in [0.4, 0.5) is 14.5 Å². The summed E-state index contributed by atoms with van der Waals surface area (Å²) in [6.07, 6.45) is 1.86. The topological polar surface area (TPSA) is 161 Å². The summed E-state index contributed by atoms with van der Waals surface area (Å²) >= 11 is 26.0. The van der Waals surface area contributed by atoms with Gasteiger partial charge >= 0.3 is 0 Å². The van der Waals surface area contributed by atoms with Crippen molar-refractivity contribution in [2.45, 2.75) is 64.0 Å². The van der Waals surface area contributed by atoms with Gasteiger partial charge in [-0.15, -0.1) is 23.2 Å². The summed E-state index contributed by atoms with van der Waals surface area (Å²) in [7, 11) is -8.00. The van der Waals surface area contributed by atoms with Gasteiger partial charge in [0.05, 0.1) is 27.5 Å². The molecule has 12 nitrogen and oxygen atoms in total. The molecule has 1 amide bonds. The number of nitrogens with zero attached hydrogens (tertiary/aromatic N) is 4. The fraction of sp³-hybridized carbons (Fsp3) is 0.333. The van der Waals surface area contributed by atoms with Crippen molar-refractivity contribution >= 4 is 94.7 Å². The fourth-order valence-electron chi connectivity index (χ4n) is 4.53. The summed E-state index contributed by atoms with van der Waals surface area (Å²) in [5, 5.41) is 6.71. The van der Waals surface area contributed by atoms with Crippen LogP contribution < -0.4 is 4.31 Å². The van der Waals surface area contributed by atoms with Crippen LogP contribution >= 0.6 is 58.0 Å². The lowest BCUT2D eigenvalue weighted by Crippen LogP contribution is -2.36. The molecule has 0 N–H and O–H groups in total. The smallest absolute Gasteiger partial charge is 0.276 e. The zero-order chi connectivity index (χ0) is 44.3. The predicted molar refractivity (Wildman–Crippen MR) is 222 cm³/mol. The van der Waals surface area contributed by atoms with Crippen molar-refractivity contribution in [3.63, 3.8) is 0 Å². The summed E-state index contributed by atoms with van der Waals surface area (Å²) in [4.78, 5) is 23.8. The van der Waals surface area contributed by atoms with Crippen molar-refractivity contribution < 1.29 is 44.3 Å². The molecule has 57 heavy (non-hydrogen) atoms. The summed E-state index contributed by atoms with van der Waals surface area (Å²) in [5.74, 6) is -2.20. The highest BCUT2D eigenvalue weighted by Crippen LogP contribution is 2.33. The first-order valence-electron chi connectivity index (χ1n) is 16.4. The van der Waals surface area contributed by atoms with Crippen molar-refractivity contribution in [3.8, 4) is 0 Å². The second kappa shape index (κ2) is 25.9. The normalized spacial score (nSPS) is 10.6. The number of aryl methyl sites for hydroxylation is 4. The molecule has 0 saturated carbocycles. The Kier molecular flexibility index (Phi) is 24.4. The predicted octanol–water partition coefficient (Wildman–Crippen LogP) is 9.76. The number of sulfone groups is 1. The van der Waals surface area contributed by atoms with Crippen LogP contribution in [0.25, 0.3) is 0 Å². The number of halogens is 7. The van der Waals surface area contributed by atoms with Crippen molar-refractivity contribution in [1.82, 2.24) is 15.2 Å². The van der Waals surface area contributed by atoms with Crippen molar-refractivity contribution in [1.29, 1.82) is 0 Å². The Balaban J connectivity index is 0.000000821. The molecule has 0 bridgehead atoms. The minimum Gasteiger partial charge on any atom is -0.360 e. The average molecular weight is 939 g/mol. The first kappa shape index (κ1) is 53.6. The van der Waals surface area contributed by atoms with Gasteiger partial charge < -0.3 is 13.9 Å². The van der Waals surface area contributed by atoms with Gasteiger partial charge in [0.2, 0.25) is 5.24 Å². The van der Waals surface area contributed by atoms with Crippen molar-refractivity contribution in [2.24, 2.45) is 0 Å². The number of alkyl halides is 2. The number of hydrogen-bond acceptors (Lipinski definition) is 11. The molecule has 0 radical (unpaired) electrons. The second-order valence-corrected chi connectivity index (χ2v) is 16.6. The molecule has 0 unspecified atom stereocenters. The number of carbonyl (C=O) groups is 2. The first-order valence-corrected chi connectivity index (χ1v) is 21.7. The molecular weight excluding hydrogens is 896 g/mol. The third kappa shape index (κ3) is 16.8. The van der Waals surface area contributed by atoms with Crippen molar-refractivity contribution in [2.75, 3.05) is 29.3 Å². The molecule has 0 saturated heterocycles. The minimum absolute atomic E-state index is 0.0163. The van der Waals surface area contributed by atoms with Crippen molar-refractivity contribution in [3.05, 3.63) is 112 Å². The van der Waals surface area contributed by atoms with E-state index in [9.17, 15) is 35.2 Å². The van der Waals surface area contributed by atoms with Crippen LogP contribution in [0, 0.1) is 39.3 Å². The lowest BCUT2D eigenvalue weighted by atomic mass is 10.2. The molecule has 2 heterocycles. The average Bonchev–Trinajstić information content (AvgIpc) is 3.67. The van der Waals surface area contributed by atoms with E-state index in [0.717, 1.165) is 36.4 Å². The van der Waals surface area contributed by atoms with Gasteiger partial charge in [0, 0.05) is 5.02 Å². The van der Waals surface area contributed by atoms with Crippen LogP contribution in [0.1, 0.15) is 49.2 Å². The van der Waals surface area contributed by atoms with Crippen LogP contribution in [-0.2, 0) is 35.2 Å². The quantitative estimate of drug-likeness (QED) is 0.0800. The summed E-state index contributed by atoms with van der Waals surface area (Å²) in [6.45, 7) is 22.4. The number of sulfonamides is 1. The number of hydrogen-bond donors (Lipinski definition) is 0. The Labute approximate surface area is 357 Å². The highest BCUT2D eigenvalue weighted by atomic mass is 35.5. The van der Waals surface area contributed by atoms with E-state index >= 15 is 0 Å². The molecular formula is C36H43Cl5F2N4O8S2. The molecule has 0 aliphatic heterocycles. The molecule has 0 aliphatic rings. The molecule has 0 fully saturated rings. The molecule has 0 aliphatic carbocycles. The molecule has 316 valence electrons. The lowest BCUT2D eigenvalue weighted by molar-refractivity contribution is -0.113. The van der Waals surface area contributed by atoms with E-state index in [2.05, 4.69) is 49.1 Å². The van der Waals surface area contributed by atoms with Gasteiger partial charge in [-0.25, -0.2) is 25.6 Å². The number of anilines is 1. The summed E-state index contributed by atoms with van der Waals surface area (Å²) in [5.41, 5.74) is 0.527. The largest absolute Gasteiger partial charge is 0.360 e. The highest BCUT2D eigenvalue weighted by molar-refractivity contribution is 7.93.